The number of hydrogen-bond donors (Lipinski definition) is 2. The molecule has 0 bridgehead atoms. The van der Waals surface area contributed by atoms with E-state index in [1.807, 2.05) is 0 Å². The molecule has 6 nitrogen and oxygen atoms in total. The number of rotatable bonds is 3. The monoisotopic (exact) mass is 321 g/mol. The maximum atomic E-state index is 12.8. The topological polar surface area (TPSA) is 87.1 Å². The highest BCUT2D eigenvalue weighted by Crippen LogP contribution is 2.25. The molecule has 2 N–H and O–H groups in total. The Balaban J connectivity index is 2.17. The number of nitrogens with zero attached hydrogens (tertiary/aromatic N) is 1. The summed E-state index contributed by atoms with van der Waals surface area (Å²) in [5.41, 5.74) is 0.288. The molecular weight excluding hydrogens is 305 g/mol. The maximum Gasteiger partial charge on any atom is 0.489 e. The molecule has 1 saturated heterocycles. The lowest BCUT2D eigenvalue weighted by Crippen LogP contribution is -2.41. The molecule has 0 unspecified atom stereocenters. The molecule has 8 heteroatoms. The van der Waals surface area contributed by atoms with Gasteiger partial charge in [0, 0.05) is 18.5 Å². The number of ether oxygens (including phenoxy) is 1. The highest BCUT2D eigenvalue weighted by molar-refractivity contribution is 7.89. The normalized spacial score (nSPS) is 16.8. The van der Waals surface area contributed by atoms with Gasteiger partial charge in [-0.2, -0.15) is 4.31 Å². The van der Waals surface area contributed by atoms with Crippen LogP contribution in [0.1, 0.15) is 0 Å². The summed E-state index contributed by atoms with van der Waals surface area (Å²) in [6, 6.07) is 9.70. The van der Waals surface area contributed by atoms with Crippen LogP contribution in [0.25, 0.3) is 10.8 Å². The standard InChI is InChI=1S/C14H16BNO5S/c17-15(18)13-5-6-14(12-4-2-1-3-11(12)13)22(19,20)16-7-9-21-10-8-16/h1-6,17-18H,7-10H2. The van der Waals surface area contributed by atoms with Crippen LogP contribution in [0.5, 0.6) is 0 Å². The Bertz CT molecular complexity index is 787. The van der Waals surface area contributed by atoms with E-state index < -0.39 is 17.1 Å². The molecule has 1 aliphatic heterocycles. The van der Waals surface area contributed by atoms with Gasteiger partial charge in [-0.3, -0.25) is 0 Å². The predicted molar refractivity (Wildman–Crippen MR) is 83.4 cm³/mol. The molecule has 0 atom stereocenters. The lowest BCUT2D eigenvalue weighted by Gasteiger charge is -2.26. The van der Waals surface area contributed by atoms with Gasteiger partial charge in [0.05, 0.1) is 18.1 Å². The van der Waals surface area contributed by atoms with Gasteiger partial charge in [-0.25, -0.2) is 8.42 Å². The molecule has 0 amide bonds. The van der Waals surface area contributed by atoms with Gasteiger partial charge in [0.25, 0.3) is 0 Å². The summed E-state index contributed by atoms with van der Waals surface area (Å²) < 4.78 is 32.2. The first-order chi connectivity index (χ1) is 10.5. The van der Waals surface area contributed by atoms with Gasteiger partial charge < -0.3 is 14.8 Å². The zero-order chi connectivity index (χ0) is 15.7. The Kier molecular flexibility index (Phi) is 4.20. The Labute approximate surface area is 129 Å². The highest BCUT2D eigenvalue weighted by Gasteiger charge is 2.29. The summed E-state index contributed by atoms with van der Waals surface area (Å²) in [7, 11) is -5.29. The van der Waals surface area contributed by atoms with Crippen LogP contribution in [0.15, 0.2) is 41.3 Å². The van der Waals surface area contributed by atoms with Crippen LogP contribution in [0.3, 0.4) is 0 Å². The van der Waals surface area contributed by atoms with Gasteiger partial charge in [0.1, 0.15) is 0 Å². The molecule has 22 heavy (non-hydrogen) atoms. The minimum atomic E-state index is -3.64. The molecule has 1 heterocycles. The molecular formula is C14H16BNO5S. The van der Waals surface area contributed by atoms with Crippen LogP contribution in [-0.4, -0.2) is 56.2 Å². The van der Waals surface area contributed by atoms with Crippen molar-refractivity contribution in [3.8, 4) is 0 Å². The fourth-order valence-electron chi connectivity index (χ4n) is 2.67. The van der Waals surface area contributed by atoms with Crippen LogP contribution in [0, 0.1) is 0 Å². The SMILES string of the molecule is O=S(=O)(c1ccc(B(O)O)c2ccccc12)N1CCOCC1. The zero-order valence-electron chi connectivity index (χ0n) is 11.8. The van der Waals surface area contributed by atoms with Crippen molar-refractivity contribution in [2.45, 2.75) is 4.90 Å². The third-order valence-electron chi connectivity index (χ3n) is 3.78. The minimum Gasteiger partial charge on any atom is -0.423 e. The van der Waals surface area contributed by atoms with Crippen LogP contribution < -0.4 is 5.46 Å². The van der Waals surface area contributed by atoms with Crippen molar-refractivity contribution in [3.05, 3.63) is 36.4 Å². The summed E-state index contributed by atoms with van der Waals surface area (Å²) in [5.74, 6) is 0. The van der Waals surface area contributed by atoms with Gasteiger partial charge in [0.2, 0.25) is 10.0 Å². The summed E-state index contributed by atoms with van der Waals surface area (Å²) in [5, 5.41) is 19.9. The Morgan fingerprint density at radius 1 is 1.00 bits per heavy atom. The zero-order valence-corrected chi connectivity index (χ0v) is 12.7. The number of sulfonamides is 1. The quantitative estimate of drug-likeness (QED) is 0.747. The van der Waals surface area contributed by atoms with E-state index in [9.17, 15) is 18.5 Å². The van der Waals surface area contributed by atoms with E-state index >= 15 is 0 Å². The summed E-state index contributed by atoms with van der Waals surface area (Å²) >= 11 is 0. The lowest BCUT2D eigenvalue weighted by molar-refractivity contribution is 0.0730. The molecule has 0 spiro atoms. The van der Waals surface area contributed by atoms with Gasteiger partial charge >= 0.3 is 7.12 Å². The molecule has 2 aromatic rings. The first-order valence-corrected chi connectivity index (χ1v) is 8.41. The minimum absolute atomic E-state index is 0.175. The number of fused-ring (bicyclic) bond motifs is 1. The van der Waals surface area contributed by atoms with Crippen molar-refractivity contribution in [2.24, 2.45) is 0 Å². The smallest absolute Gasteiger partial charge is 0.423 e. The van der Waals surface area contributed by atoms with E-state index in [1.54, 1.807) is 24.3 Å². The van der Waals surface area contributed by atoms with Crippen molar-refractivity contribution in [2.75, 3.05) is 26.3 Å². The van der Waals surface area contributed by atoms with E-state index in [0.29, 0.717) is 37.1 Å². The van der Waals surface area contributed by atoms with Crippen molar-refractivity contribution in [3.63, 3.8) is 0 Å². The molecule has 0 aliphatic carbocycles. The van der Waals surface area contributed by atoms with E-state index in [4.69, 9.17) is 4.74 Å². The van der Waals surface area contributed by atoms with Crippen LogP contribution in [0.4, 0.5) is 0 Å². The fourth-order valence-corrected chi connectivity index (χ4v) is 4.27. The van der Waals surface area contributed by atoms with Crippen LogP contribution in [0.2, 0.25) is 0 Å². The maximum absolute atomic E-state index is 12.8. The molecule has 0 aromatic heterocycles. The molecule has 0 saturated carbocycles. The first kappa shape index (κ1) is 15.5. The number of hydrogen-bond acceptors (Lipinski definition) is 5. The van der Waals surface area contributed by atoms with E-state index in [2.05, 4.69) is 0 Å². The van der Waals surface area contributed by atoms with Crippen molar-refractivity contribution in [1.82, 2.24) is 4.31 Å². The average Bonchev–Trinajstić information content (AvgIpc) is 2.54. The van der Waals surface area contributed by atoms with Gasteiger partial charge in [-0.05, 0) is 16.9 Å². The number of morpholine rings is 1. The second kappa shape index (κ2) is 5.98. The van der Waals surface area contributed by atoms with Gasteiger partial charge in [0.15, 0.2) is 0 Å². The predicted octanol–water partition coefficient (Wildman–Crippen LogP) is -0.459. The Hall–Kier alpha value is -1.45. The summed E-state index contributed by atoms with van der Waals surface area (Å²) in [6.45, 7) is 1.40. The van der Waals surface area contributed by atoms with Crippen LogP contribution >= 0.6 is 0 Å². The van der Waals surface area contributed by atoms with Gasteiger partial charge in [-0.1, -0.05) is 30.3 Å². The Morgan fingerprint density at radius 3 is 2.27 bits per heavy atom. The van der Waals surface area contributed by atoms with E-state index in [0.717, 1.165) is 0 Å². The van der Waals surface area contributed by atoms with E-state index in [-0.39, 0.29) is 10.4 Å². The number of benzene rings is 2. The molecule has 116 valence electrons. The Morgan fingerprint density at radius 2 is 1.64 bits per heavy atom. The average molecular weight is 321 g/mol. The summed E-state index contributed by atoms with van der Waals surface area (Å²) in [6.07, 6.45) is 0. The van der Waals surface area contributed by atoms with Crippen molar-refractivity contribution < 1.29 is 23.2 Å². The van der Waals surface area contributed by atoms with Gasteiger partial charge in [-0.15, -0.1) is 0 Å². The second-order valence-corrected chi connectivity index (χ2v) is 6.99. The third kappa shape index (κ3) is 2.64. The van der Waals surface area contributed by atoms with Crippen molar-refractivity contribution in [1.29, 1.82) is 0 Å². The fraction of sp³-hybridized carbons (Fsp3) is 0.286. The third-order valence-corrected chi connectivity index (χ3v) is 5.74. The van der Waals surface area contributed by atoms with Crippen LogP contribution in [-0.2, 0) is 14.8 Å². The molecule has 1 fully saturated rings. The highest BCUT2D eigenvalue weighted by atomic mass is 32.2. The molecule has 1 aliphatic rings. The molecule has 0 radical (unpaired) electrons. The molecule has 3 rings (SSSR count). The van der Waals surface area contributed by atoms with Crippen molar-refractivity contribution >= 4 is 33.4 Å². The first-order valence-electron chi connectivity index (χ1n) is 6.97. The largest absolute Gasteiger partial charge is 0.489 e. The second-order valence-electron chi connectivity index (χ2n) is 5.09. The van der Waals surface area contributed by atoms with E-state index in [1.165, 1.54) is 16.4 Å². The lowest BCUT2D eigenvalue weighted by atomic mass is 9.77. The molecule has 2 aromatic carbocycles. The summed E-state index contributed by atoms with van der Waals surface area (Å²) in [4.78, 5) is 0.175.